The lowest BCUT2D eigenvalue weighted by molar-refractivity contribution is -0.141. The first-order valence-electron chi connectivity index (χ1n) is 6.09. The van der Waals surface area contributed by atoms with Gasteiger partial charge in [-0.3, -0.25) is 14.5 Å². The van der Waals surface area contributed by atoms with E-state index in [0.29, 0.717) is 6.42 Å². The van der Waals surface area contributed by atoms with Crippen LogP contribution in [0.5, 0.6) is 5.75 Å². The Kier molecular flexibility index (Phi) is 3.86. The van der Waals surface area contributed by atoms with E-state index < -0.39 is 0 Å². The molecule has 0 aliphatic carbocycles. The quantitative estimate of drug-likeness (QED) is 0.611. The van der Waals surface area contributed by atoms with Gasteiger partial charge in [0.15, 0.2) is 0 Å². The van der Waals surface area contributed by atoms with Crippen molar-refractivity contribution < 1.29 is 14.3 Å². The van der Waals surface area contributed by atoms with Crippen molar-refractivity contribution in [3.63, 3.8) is 0 Å². The molecule has 1 aliphatic heterocycles. The molecule has 0 spiro atoms. The van der Waals surface area contributed by atoms with Crippen molar-refractivity contribution >= 4 is 11.8 Å². The highest BCUT2D eigenvalue weighted by Gasteiger charge is 2.35. The number of nitrogens with zero attached hydrogens (tertiary/aromatic N) is 1. The topological polar surface area (TPSA) is 46.6 Å². The largest absolute Gasteiger partial charge is 0.497 e. The molecule has 1 unspecified atom stereocenters. The third-order valence-electron chi connectivity index (χ3n) is 3.21. The molecule has 1 aromatic rings. The predicted octanol–water partition coefficient (Wildman–Crippen LogP) is 1.91. The molecule has 1 atom stereocenters. The van der Waals surface area contributed by atoms with E-state index in [4.69, 9.17) is 11.2 Å². The Morgan fingerprint density at radius 3 is 2.32 bits per heavy atom. The lowest BCUT2D eigenvalue weighted by atomic mass is 10.0. The normalized spacial score (nSPS) is 16.3. The summed E-state index contributed by atoms with van der Waals surface area (Å²) in [6, 6.07) is 6.88. The highest BCUT2D eigenvalue weighted by Crippen LogP contribution is 2.30. The third-order valence-corrected chi connectivity index (χ3v) is 3.21. The summed E-state index contributed by atoms with van der Waals surface area (Å²) in [7, 11) is 1.58. The molecule has 0 aromatic heterocycles. The number of carbonyl (C=O) groups excluding carboxylic acids is 2. The van der Waals surface area contributed by atoms with Gasteiger partial charge in [0.25, 0.3) is 0 Å². The van der Waals surface area contributed by atoms with Gasteiger partial charge in [-0.25, -0.2) is 0 Å². The molecule has 2 rings (SSSR count). The third kappa shape index (κ3) is 2.60. The second kappa shape index (κ2) is 5.57. The number of amides is 2. The molecule has 98 valence electrons. The average molecular weight is 257 g/mol. The zero-order chi connectivity index (χ0) is 13.8. The van der Waals surface area contributed by atoms with Gasteiger partial charge in [0.05, 0.1) is 13.2 Å². The maximum Gasteiger partial charge on any atom is 0.230 e. The van der Waals surface area contributed by atoms with E-state index in [-0.39, 0.29) is 30.7 Å². The molecule has 1 aromatic carbocycles. The van der Waals surface area contributed by atoms with Gasteiger partial charge in [-0.2, -0.15) is 0 Å². The Balaban J connectivity index is 2.31. The van der Waals surface area contributed by atoms with E-state index in [0.717, 1.165) is 11.3 Å². The van der Waals surface area contributed by atoms with Gasteiger partial charge in [0, 0.05) is 19.3 Å². The lowest BCUT2D eigenvalue weighted by Crippen LogP contribution is -2.33. The molecule has 1 heterocycles. The second-order valence-corrected chi connectivity index (χ2v) is 4.35. The molecule has 0 saturated carbocycles. The number of hydrogen-bond donors (Lipinski definition) is 0. The Bertz CT molecular complexity index is 511. The zero-order valence-electron chi connectivity index (χ0n) is 10.8. The van der Waals surface area contributed by atoms with Crippen LogP contribution in [0.15, 0.2) is 24.3 Å². The van der Waals surface area contributed by atoms with Crippen molar-refractivity contribution in [3.05, 3.63) is 29.8 Å². The van der Waals surface area contributed by atoms with Crippen molar-refractivity contribution in [1.82, 2.24) is 4.90 Å². The van der Waals surface area contributed by atoms with Crippen LogP contribution in [0.3, 0.4) is 0 Å². The smallest absolute Gasteiger partial charge is 0.230 e. The van der Waals surface area contributed by atoms with E-state index in [1.807, 2.05) is 12.1 Å². The van der Waals surface area contributed by atoms with E-state index in [2.05, 4.69) is 5.92 Å². The van der Waals surface area contributed by atoms with Crippen molar-refractivity contribution in [2.24, 2.45) is 0 Å². The fraction of sp³-hybridized carbons (Fsp3) is 0.333. The SMILES string of the molecule is C#CCC(c1ccc(OC)cc1)N1C(=O)CCC1=O. The molecule has 1 aliphatic rings. The Labute approximate surface area is 112 Å². The summed E-state index contributed by atoms with van der Waals surface area (Å²) in [5, 5.41) is 0. The van der Waals surface area contributed by atoms with Crippen molar-refractivity contribution in [3.8, 4) is 18.1 Å². The van der Waals surface area contributed by atoms with Gasteiger partial charge >= 0.3 is 0 Å². The molecular weight excluding hydrogens is 242 g/mol. The number of likely N-dealkylation sites (tertiary alicyclic amines) is 1. The van der Waals surface area contributed by atoms with Crippen LogP contribution >= 0.6 is 0 Å². The number of terminal acetylenes is 1. The summed E-state index contributed by atoms with van der Waals surface area (Å²) in [5.74, 6) is 2.96. The fourth-order valence-corrected chi connectivity index (χ4v) is 2.24. The van der Waals surface area contributed by atoms with E-state index >= 15 is 0 Å². The maximum absolute atomic E-state index is 11.8. The Hall–Kier alpha value is -2.28. The molecule has 2 amide bonds. The number of ether oxygens (including phenoxy) is 1. The van der Waals surface area contributed by atoms with Crippen LogP contribution in [-0.2, 0) is 9.59 Å². The predicted molar refractivity (Wildman–Crippen MR) is 70.3 cm³/mol. The minimum absolute atomic E-state index is 0.152. The summed E-state index contributed by atoms with van der Waals surface area (Å²) in [6.45, 7) is 0. The van der Waals surface area contributed by atoms with Crippen molar-refractivity contribution in [1.29, 1.82) is 0 Å². The van der Waals surface area contributed by atoms with Gasteiger partial charge in [-0.05, 0) is 17.7 Å². The first-order chi connectivity index (χ1) is 9.17. The number of imide groups is 1. The minimum atomic E-state index is -0.376. The molecule has 19 heavy (non-hydrogen) atoms. The first kappa shape index (κ1) is 13.2. The van der Waals surface area contributed by atoms with Crippen LogP contribution < -0.4 is 4.74 Å². The van der Waals surface area contributed by atoms with Crippen LogP contribution in [-0.4, -0.2) is 23.8 Å². The summed E-state index contributed by atoms with van der Waals surface area (Å²) in [5.41, 5.74) is 0.849. The summed E-state index contributed by atoms with van der Waals surface area (Å²) in [6.07, 6.45) is 6.23. The van der Waals surface area contributed by atoms with Crippen molar-refractivity contribution in [2.45, 2.75) is 25.3 Å². The van der Waals surface area contributed by atoms with Crippen LogP contribution in [0.25, 0.3) is 0 Å². The number of benzene rings is 1. The molecule has 1 saturated heterocycles. The standard InChI is InChI=1S/C15H15NO3/c1-3-4-13(16-14(17)9-10-15(16)18)11-5-7-12(19-2)8-6-11/h1,5-8,13H,4,9-10H2,2H3. The highest BCUT2D eigenvalue weighted by atomic mass is 16.5. The van der Waals surface area contributed by atoms with Gasteiger partial charge < -0.3 is 4.74 Å². The molecule has 0 bridgehead atoms. The number of hydrogen-bond acceptors (Lipinski definition) is 3. The first-order valence-corrected chi connectivity index (χ1v) is 6.09. The van der Waals surface area contributed by atoms with E-state index in [9.17, 15) is 9.59 Å². The monoisotopic (exact) mass is 257 g/mol. The number of carbonyl (C=O) groups is 2. The molecule has 0 N–H and O–H groups in total. The van der Waals surface area contributed by atoms with Crippen LogP contribution in [0.1, 0.15) is 30.9 Å². The van der Waals surface area contributed by atoms with Gasteiger partial charge in [-0.1, -0.05) is 12.1 Å². The zero-order valence-corrected chi connectivity index (χ0v) is 10.8. The fourth-order valence-electron chi connectivity index (χ4n) is 2.24. The van der Waals surface area contributed by atoms with Gasteiger partial charge in [-0.15, -0.1) is 12.3 Å². The van der Waals surface area contributed by atoms with Crippen molar-refractivity contribution in [2.75, 3.05) is 7.11 Å². The summed E-state index contributed by atoms with van der Waals surface area (Å²) < 4.78 is 5.09. The van der Waals surface area contributed by atoms with Crippen LogP contribution in [0.4, 0.5) is 0 Å². The number of rotatable bonds is 4. The Morgan fingerprint density at radius 2 is 1.84 bits per heavy atom. The molecule has 4 heteroatoms. The second-order valence-electron chi connectivity index (χ2n) is 4.35. The number of methoxy groups -OCH3 is 1. The van der Waals surface area contributed by atoms with E-state index in [1.54, 1.807) is 19.2 Å². The van der Waals surface area contributed by atoms with Crippen LogP contribution in [0.2, 0.25) is 0 Å². The lowest BCUT2D eigenvalue weighted by Gasteiger charge is -2.25. The minimum Gasteiger partial charge on any atom is -0.497 e. The Morgan fingerprint density at radius 1 is 1.26 bits per heavy atom. The molecule has 0 radical (unpaired) electrons. The average Bonchev–Trinajstić information content (AvgIpc) is 2.76. The summed E-state index contributed by atoms with van der Waals surface area (Å²) >= 11 is 0. The van der Waals surface area contributed by atoms with Crippen LogP contribution in [0, 0.1) is 12.3 Å². The maximum atomic E-state index is 11.8. The van der Waals surface area contributed by atoms with Gasteiger partial charge in [0.1, 0.15) is 5.75 Å². The molecule has 4 nitrogen and oxygen atoms in total. The summed E-state index contributed by atoms with van der Waals surface area (Å²) in [4.78, 5) is 24.9. The molecular formula is C15H15NO3. The highest BCUT2D eigenvalue weighted by molar-refractivity contribution is 6.02. The van der Waals surface area contributed by atoms with Gasteiger partial charge in [0.2, 0.25) is 11.8 Å². The molecule has 1 fully saturated rings. The van der Waals surface area contributed by atoms with E-state index in [1.165, 1.54) is 4.90 Å².